The van der Waals surface area contributed by atoms with Gasteiger partial charge in [-0.05, 0) is 48.6 Å². The normalized spacial score (nSPS) is 15.0. The lowest BCUT2D eigenvalue weighted by molar-refractivity contribution is 0.0694. The third-order valence-corrected chi connectivity index (χ3v) is 8.09. The van der Waals surface area contributed by atoms with Gasteiger partial charge in [-0.3, -0.25) is 0 Å². The smallest absolute Gasteiger partial charge is 0.478 e. The molecule has 9 nitrogen and oxygen atoms in total. The van der Waals surface area contributed by atoms with Gasteiger partial charge >= 0.3 is 22.6 Å². The molecule has 0 aromatic heterocycles. The number of rotatable bonds is 6. The van der Waals surface area contributed by atoms with Crippen LogP contribution in [0.4, 0.5) is 14.4 Å². The number of amides is 1. The van der Waals surface area contributed by atoms with E-state index in [1.54, 1.807) is 18.7 Å². The van der Waals surface area contributed by atoms with Crippen LogP contribution in [0, 0.1) is 20.8 Å². The van der Waals surface area contributed by atoms with E-state index in [2.05, 4.69) is 28.4 Å². The molecule has 3 aromatic carbocycles. The summed E-state index contributed by atoms with van der Waals surface area (Å²) in [6.45, 7) is 5.99. The van der Waals surface area contributed by atoms with Gasteiger partial charge in [-0.25, -0.2) is 9.59 Å². The fraction of sp³-hybridized carbons (Fsp3) is 0.310. The van der Waals surface area contributed by atoms with Crippen molar-refractivity contribution in [3.8, 4) is 16.9 Å². The summed E-state index contributed by atoms with van der Waals surface area (Å²) in [6.07, 6.45) is -0.447. The minimum atomic E-state index is -5.38. The van der Waals surface area contributed by atoms with E-state index in [1.807, 2.05) is 29.2 Å². The number of carbonyl (C=O) groups excluding carboxylic acids is 1. The molecule has 2 aliphatic rings. The number of carbonyl (C=O) groups is 2. The molecule has 1 aliphatic carbocycles. The van der Waals surface area contributed by atoms with Gasteiger partial charge < -0.3 is 23.8 Å². The topological polar surface area (TPSA) is 113 Å². The fourth-order valence-electron chi connectivity index (χ4n) is 6.00. The van der Waals surface area contributed by atoms with Crippen LogP contribution in [0.5, 0.6) is 5.75 Å². The second kappa shape index (κ2) is 10.5. The summed E-state index contributed by atoms with van der Waals surface area (Å²) in [5.74, 6) is -1.69. The van der Waals surface area contributed by atoms with E-state index in [4.69, 9.17) is 4.74 Å². The standard InChI is InChI=1S/C29H29FN2O7S/c1-17-25(28(33)34)18(2)27(39-40(30,36)37)19(3)26(17)31-12-14-32(15-13-31)29(35)38-16-24-22-10-6-4-8-20(22)21-9-5-7-11-23(21)24/h4-11,24H,12-16H2,1-3H3,(H,33,34). The number of halogens is 1. The molecule has 1 fully saturated rings. The first-order valence-electron chi connectivity index (χ1n) is 12.8. The zero-order valence-corrected chi connectivity index (χ0v) is 23.1. The van der Waals surface area contributed by atoms with Crippen LogP contribution in [0.25, 0.3) is 11.1 Å². The highest BCUT2D eigenvalue weighted by Crippen LogP contribution is 2.44. The quantitative estimate of drug-likeness (QED) is 0.415. The van der Waals surface area contributed by atoms with Gasteiger partial charge in [-0.2, -0.15) is 8.42 Å². The van der Waals surface area contributed by atoms with E-state index in [9.17, 15) is 27.0 Å². The first-order chi connectivity index (χ1) is 19.0. The molecule has 0 unspecified atom stereocenters. The Hall–Kier alpha value is -4.12. The average molecular weight is 569 g/mol. The Morgan fingerprint density at radius 3 is 1.98 bits per heavy atom. The van der Waals surface area contributed by atoms with E-state index >= 15 is 0 Å². The van der Waals surface area contributed by atoms with Crippen molar-refractivity contribution >= 4 is 28.3 Å². The summed E-state index contributed by atoms with van der Waals surface area (Å²) in [6, 6.07) is 16.2. The number of anilines is 1. The molecule has 40 heavy (non-hydrogen) atoms. The van der Waals surface area contributed by atoms with Crippen molar-refractivity contribution in [1.82, 2.24) is 4.90 Å². The van der Waals surface area contributed by atoms with Gasteiger partial charge in [0, 0.05) is 48.9 Å². The van der Waals surface area contributed by atoms with Crippen LogP contribution in [0.1, 0.15) is 44.1 Å². The van der Waals surface area contributed by atoms with Gasteiger partial charge in [-0.15, -0.1) is 0 Å². The van der Waals surface area contributed by atoms with Crippen molar-refractivity contribution in [2.75, 3.05) is 37.7 Å². The summed E-state index contributed by atoms with van der Waals surface area (Å²) in [4.78, 5) is 28.5. The van der Waals surface area contributed by atoms with Crippen LogP contribution in [0.15, 0.2) is 48.5 Å². The van der Waals surface area contributed by atoms with Gasteiger partial charge in [0.05, 0.1) is 5.56 Å². The average Bonchev–Trinajstić information content (AvgIpc) is 3.23. The SMILES string of the molecule is Cc1c(OS(=O)(=O)F)c(C)c(N2CCN(C(=O)OCC3c4ccccc4-c4ccccc43)CC2)c(C)c1C(=O)O. The second-order valence-corrected chi connectivity index (χ2v) is 10.9. The van der Waals surface area contributed by atoms with Crippen LogP contribution in [0.3, 0.4) is 0 Å². The molecule has 210 valence electrons. The Morgan fingerprint density at radius 1 is 0.900 bits per heavy atom. The molecule has 0 atom stereocenters. The predicted octanol–water partition coefficient (Wildman–Crippen LogP) is 4.97. The molecule has 1 saturated heterocycles. The van der Waals surface area contributed by atoms with Crippen molar-refractivity contribution in [2.24, 2.45) is 0 Å². The number of hydrogen-bond donors (Lipinski definition) is 1. The molecule has 11 heteroatoms. The Labute approximate surface area is 232 Å². The molecule has 0 spiro atoms. The first-order valence-corrected chi connectivity index (χ1v) is 14.1. The molecule has 0 bridgehead atoms. The lowest BCUT2D eigenvalue weighted by Gasteiger charge is -2.37. The molecule has 0 saturated carbocycles. The Balaban J connectivity index is 1.31. The highest BCUT2D eigenvalue weighted by atomic mass is 32.3. The van der Waals surface area contributed by atoms with Crippen molar-refractivity contribution in [3.05, 3.63) is 81.9 Å². The lowest BCUT2D eigenvalue weighted by Crippen LogP contribution is -2.49. The maximum absolute atomic E-state index is 13.5. The van der Waals surface area contributed by atoms with E-state index in [0.29, 0.717) is 43.0 Å². The van der Waals surface area contributed by atoms with E-state index in [0.717, 1.165) is 22.3 Å². The molecule has 1 heterocycles. The van der Waals surface area contributed by atoms with Gasteiger partial charge in [0.15, 0.2) is 5.75 Å². The zero-order chi connectivity index (χ0) is 28.8. The number of fused-ring (bicyclic) bond motifs is 3. The second-order valence-electron chi connectivity index (χ2n) is 9.99. The van der Waals surface area contributed by atoms with Crippen LogP contribution in [0.2, 0.25) is 0 Å². The van der Waals surface area contributed by atoms with Crippen molar-refractivity contribution in [2.45, 2.75) is 26.7 Å². The van der Waals surface area contributed by atoms with E-state index in [-0.39, 0.29) is 29.4 Å². The minimum Gasteiger partial charge on any atom is -0.478 e. The van der Waals surface area contributed by atoms with Crippen LogP contribution in [-0.2, 0) is 15.2 Å². The van der Waals surface area contributed by atoms with Crippen LogP contribution < -0.4 is 9.08 Å². The monoisotopic (exact) mass is 568 g/mol. The maximum atomic E-state index is 13.5. The predicted molar refractivity (Wildman–Crippen MR) is 147 cm³/mol. The summed E-state index contributed by atoms with van der Waals surface area (Å²) in [7, 11) is -5.38. The van der Waals surface area contributed by atoms with Gasteiger partial charge in [0.25, 0.3) is 0 Å². The molecule has 1 N–H and O–H groups in total. The molecule has 5 rings (SSSR count). The number of carboxylic acid groups (broad SMARTS) is 1. The zero-order valence-electron chi connectivity index (χ0n) is 22.3. The third-order valence-electron chi connectivity index (χ3n) is 7.73. The van der Waals surface area contributed by atoms with Crippen molar-refractivity contribution < 1.29 is 35.9 Å². The summed E-state index contributed by atoms with van der Waals surface area (Å²) in [5, 5.41) is 9.78. The number of hydrogen-bond acceptors (Lipinski definition) is 7. The highest BCUT2D eigenvalue weighted by molar-refractivity contribution is 7.81. The Morgan fingerprint density at radius 2 is 1.45 bits per heavy atom. The number of aromatic carboxylic acids is 1. The Kier molecular flexibility index (Phi) is 7.17. The number of nitrogens with zero attached hydrogens (tertiary/aromatic N) is 2. The van der Waals surface area contributed by atoms with Crippen molar-refractivity contribution in [3.63, 3.8) is 0 Å². The Bertz CT molecular complexity index is 1570. The molecule has 1 aliphatic heterocycles. The minimum absolute atomic E-state index is 0.0183. The maximum Gasteiger partial charge on any atom is 0.488 e. The molecule has 0 radical (unpaired) electrons. The number of carboxylic acids is 1. The van der Waals surface area contributed by atoms with Crippen LogP contribution in [-0.4, -0.2) is 63.3 Å². The van der Waals surface area contributed by atoms with E-state index in [1.165, 1.54) is 6.92 Å². The third kappa shape index (κ3) is 4.97. The highest BCUT2D eigenvalue weighted by Gasteiger charge is 2.32. The molecular formula is C29H29FN2O7S. The molecular weight excluding hydrogens is 539 g/mol. The van der Waals surface area contributed by atoms with Gasteiger partial charge in [-0.1, -0.05) is 52.4 Å². The number of ether oxygens (including phenoxy) is 1. The molecule has 3 aromatic rings. The van der Waals surface area contributed by atoms with E-state index < -0.39 is 22.6 Å². The van der Waals surface area contributed by atoms with Gasteiger partial charge in [0.2, 0.25) is 0 Å². The largest absolute Gasteiger partial charge is 0.488 e. The summed E-state index contributed by atoms with van der Waals surface area (Å²) >= 11 is 0. The summed E-state index contributed by atoms with van der Waals surface area (Å²) in [5.41, 5.74) is 5.53. The fourth-order valence-corrected chi connectivity index (χ4v) is 6.45. The number of piperazine rings is 1. The first kappa shape index (κ1) is 27.4. The van der Waals surface area contributed by atoms with Crippen molar-refractivity contribution in [1.29, 1.82) is 0 Å². The van der Waals surface area contributed by atoms with Crippen LogP contribution >= 0.6 is 0 Å². The summed E-state index contributed by atoms with van der Waals surface area (Å²) < 4.78 is 46.3. The lowest BCUT2D eigenvalue weighted by atomic mass is 9.94. The van der Waals surface area contributed by atoms with Gasteiger partial charge in [0.1, 0.15) is 6.61 Å². The number of benzene rings is 3. The molecule has 1 amide bonds.